The highest BCUT2D eigenvalue weighted by Gasteiger charge is 2.25. The lowest BCUT2D eigenvalue weighted by molar-refractivity contribution is 0.248. The molecule has 1 fully saturated rings. The van der Waals surface area contributed by atoms with Crippen LogP contribution in [0.25, 0.3) is 0 Å². The zero-order valence-corrected chi connectivity index (χ0v) is 12.5. The first-order valence-corrected chi connectivity index (χ1v) is 8.82. The second-order valence-corrected chi connectivity index (χ2v) is 7.91. The summed E-state index contributed by atoms with van der Waals surface area (Å²) in [7, 11) is -3.12. The Kier molecular flexibility index (Phi) is 4.31. The molecule has 2 N–H and O–H groups in total. The maximum Gasteiger partial charge on any atom is 0.175 e. The number of nitrogens with two attached hydrogens (primary N) is 1. The predicted octanol–water partition coefficient (Wildman–Crippen LogP) is 2.92. The van der Waals surface area contributed by atoms with Crippen molar-refractivity contribution in [2.45, 2.75) is 43.5 Å². The molecule has 3 atom stereocenters. The van der Waals surface area contributed by atoms with Gasteiger partial charge in [-0.3, -0.25) is 0 Å². The standard InChI is InChI=1S/C15H23NO2S/c1-11-4-3-5-13(10-11)15(16)12-6-8-14(9-7-12)19(2,17)18/h6-9,11,13,15H,3-5,10,16H2,1-2H3. The van der Waals surface area contributed by atoms with Gasteiger partial charge in [0.25, 0.3) is 0 Å². The third-order valence-corrected chi connectivity index (χ3v) is 5.31. The van der Waals surface area contributed by atoms with Crippen LogP contribution >= 0.6 is 0 Å². The lowest BCUT2D eigenvalue weighted by atomic mass is 9.77. The Morgan fingerprint density at radius 3 is 2.37 bits per heavy atom. The molecule has 19 heavy (non-hydrogen) atoms. The van der Waals surface area contributed by atoms with Crippen molar-refractivity contribution in [1.82, 2.24) is 0 Å². The van der Waals surface area contributed by atoms with E-state index < -0.39 is 9.84 Å². The van der Waals surface area contributed by atoms with Gasteiger partial charge in [-0.15, -0.1) is 0 Å². The maximum atomic E-state index is 11.4. The van der Waals surface area contributed by atoms with Gasteiger partial charge >= 0.3 is 0 Å². The van der Waals surface area contributed by atoms with Crippen LogP contribution in [0.1, 0.15) is 44.2 Å². The van der Waals surface area contributed by atoms with Crippen LogP contribution in [0.5, 0.6) is 0 Å². The fraction of sp³-hybridized carbons (Fsp3) is 0.600. The van der Waals surface area contributed by atoms with Crippen molar-refractivity contribution in [2.75, 3.05) is 6.26 Å². The fourth-order valence-electron chi connectivity index (χ4n) is 3.02. The van der Waals surface area contributed by atoms with Crippen LogP contribution in [0.15, 0.2) is 29.2 Å². The van der Waals surface area contributed by atoms with E-state index in [0.29, 0.717) is 10.8 Å². The van der Waals surface area contributed by atoms with E-state index in [-0.39, 0.29) is 6.04 Å². The van der Waals surface area contributed by atoms with Gasteiger partial charge < -0.3 is 5.73 Å². The Hall–Kier alpha value is -0.870. The normalized spacial score (nSPS) is 26.1. The lowest BCUT2D eigenvalue weighted by Gasteiger charge is -2.31. The molecule has 0 radical (unpaired) electrons. The van der Waals surface area contributed by atoms with Crippen molar-refractivity contribution in [3.8, 4) is 0 Å². The summed E-state index contributed by atoms with van der Waals surface area (Å²) in [4.78, 5) is 0.362. The minimum Gasteiger partial charge on any atom is -0.324 e. The number of benzene rings is 1. The van der Waals surface area contributed by atoms with Gasteiger partial charge in [0.05, 0.1) is 4.90 Å². The molecule has 106 valence electrons. The number of rotatable bonds is 3. The lowest BCUT2D eigenvalue weighted by Crippen LogP contribution is -2.26. The summed E-state index contributed by atoms with van der Waals surface area (Å²) in [5, 5.41) is 0. The van der Waals surface area contributed by atoms with Gasteiger partial charge in [0.15, 0.2) is 9.84 Å². The molecule has 4 heteroatoms. The van der Waals surface area contributed by atoms with Gasteiger partial charge in [-0.25, -0.2) is 8.42 Å². The van der Waals surface area contributed by atoms with E-state index in [2.05, 4.69) is 6.92 Å². The van der Waals surface area contributed by atoms with E-state index in [1.807, 2.05) is 12.1 Å². The Labute approximate surface area is 116 Å². The molecule has 0 bridgehead atoms. The van der Waals surface area contributed by atoms with Crippen LogP contribution in [-0.4, -0.2) is 14.7 Å². The third-order valence-electron chi connectivity index (χ3n) is 4.18. The van der Waals surface area contributed by atoms with Crippen molar-refractivity contribution in [3.05, 3.63) is 29.8 Å². The third kappa shape index (κ3) is 3.57. The molecule has 2 rings (SSSR count). The molecule has 0 aromatic heterocycles. The van der Waals surface area contributed by atoms with Gasteiger partial charge in [-0.2, -0.15) is 0 Å². The van der Waals surface area contributed by atoms with Gasteiger partial charge in [0, 0.05) is 12.3 Å². The number of sulfone groups is 1. The molecule has 3 nitrogen and oxygen atoms in total. The summed E-state index contributed by atoms with van der Waals surface area (Å²) in [5.74, 6) is 1.27. The van der Waals surface area contributed by atoms with Gasteiger partial charge in [0.2, 0.25) is 0 Å². The summed E-state index contributed by atoms with van der Waals surface area (Å²) in [6, 6.07) is 7.07. The summed E-state index contributed by atoms with van der Waals surface area (Å²) >= 11 is 0. The molecule has 1 saturated carbocycles. The highest BCUT2D eigenvalue weighted by atomic mass is 32.2. The molecular formula is C15H23NO2S. The first kappa shape index (κ1) is 14.5. The molecule has 0 spiro atoms. The molecule has 0 heterocycles. The molecule has 1 aliphatic rings. The molecule has 1 aromatic carbocycles. The highest BCUT2D eigenvalue weighted by molar-refractivity contribution is 7.90. The second kappa shape index (κ2) is 5.63. The fourth-order valence-corrected chi connectivity index (χ4v) is 3.65. The molecular weight excluding hydrogens is 258 g/mol. The molecule has 3 unspecified atom stereocenters. The van der Waals surface area contributed by atoms with Crippen molar-refractivity contribution >= 4 is 9.84 Å². The Morgan fingerprint density at radius 2 is 1.84 bits per heavy atom. The van der Waals surface area contributed by atoms with E-state index in [9.17, 15) is 8.42 Å². The summed E-state index contributed by atoms with van der Waals surface area (Å²) < 4.78 is 22.9. The SMILES string of the molecule is CC1CCCC(C(N)c2ccc(S(C)(=O)=O)cc2)C1. The van der Waals surface area contributed by atoms with Crippen LogP contribution < -0.4 is 5.73 Å². The molecule has 1 aliphatic carbocycles. The summed E-state index contributed by atoms with van der Waals surface area (Å²) in [6.45, 7) is 2.28. The second-order valence-electron chi connectivity index (χ2n) is 5.90. The first-order valence-electron chi connectivity index (χ1n) is 6.93. The Morgan fingerprint density at radius 1 is 1.21 bits per heavy atom. The highest BCUT2D eigenvalue weighted by Crippen LogP contribution is 2.35. The number of hydrogen-bond donors (Lipinski definition) is 1. The van der Waals surface area contributed by atoms with E-state index in [1.165, 1.54) is 31.9 Å². The smallest absolute Gasteiger partial charge is 0.175 e. The van der Waals surface area contributed by atoms with Crippen molar-refractivity contribution in [2.24, 2.45) is 17.6 Å². The van der Waals surface area contributed by atoms with Crippen molar-refractivity contribution in [1.29, 1.82) is 0 Å². The average Bonchev–Trinajstić information content (AvgIpc) is 2.37. The molecule has 1 aromatic rings. The Balaban J connectivity index is 2.13. The number of hydrogen-bond acceptors (Lipinski definition) is 3. The van der Waals surface area contributed by atoms with E-state index >= 15 is 0 Å². The van der Waals surface area contributed by atoms with Crippen LogP contribution in [0, 0.1) is 11.8 Å². The van der Waals surface area contributed by atoms with E-state index in [4.69, 9.17) is 5.73 Å². The zero-order valence-electron chi connectivity index (χ0n) is 11.7. The minimum atomic E-state index is -3.12. The van der Waals surface area contributed by atoms with Crippen LogP contribution in [0.2, 0.25) is 0 Å². The van der Waals surface area contributed by atoms with Crippen LogP contribution in [-0.2, 0) is 9.84 Å². The summed E-state index contributed by atoms with van der Waals surface area (Å²) in [6.07, 6.45) is 6.14. The monoisotopic (exact) mass is 281 g/mol. The Bertz CT molecular complexity index is 522. The van der Waals surface area contributed by atoms with Crippen molar-refractivity contribution < 1.29 is 8.42 Å². The quantitative estimate of drug-likeness (QED) is 0.926. The molecule has 0 saturated heterocycles. The average molecular weight is 281 g/mol. The largest absolute Gasteiger partial charge is 0.324 e. The zero-order chi connectivity index (χ0) is 14.0. The van der Waals surface area contributed by atoms with E-state index in [1.54, 1.807) is 12.1 Å². The first-order chi connectivity index (χ1) is 8.88. The van der Waals surface area contributed by atoms with Crippen LogP contribution in [0.4, 0.5) is 0 Å². The molecule has 0 aliphatic heterocycles. The topological polar surface area (TPSA) is 60.2 Å². The minimum absolute atomic E-state index is 0.0244. The van der Waals surface area contributed by atoms with Gasteiger partial charge in [-0.05, 0) is 42.4 Å². The summed E-state index contributed by atoms with van der Waals surface area (Å²) in [5.41, 5.74) is 7.39. The van der Waals surface area contributed by atoms with Crippen molar-refractivity contribution in [3.63, 3.8) is 0 Å². The van der Waals surface area contributed by atoms with Gasteiger partial charge in [-0.1, -0.05) is 31.9 Å². The predicted molar refractivity (Wildman–Crippen MR) is 77.6 cm³/mol. The van der Waals surface area contributed by atoms with Gasteiger partial charge in [0.1, 0.15) is 0 Å². The van der Waals surface area contributed by atoms with Crippen LogP contribution in [0.3, 0.4) is 0 Å². The van der Waals surface area contributed by atoms with E-state index in [0.717, 1.165) is 11.5 Å². The molecule has 0 amide bonds. The maximum absolute atomic E-state index is 11.4.